The first-order valence-electron chi connectivity index (χ1n) is 8.53. The molecule has 4 nitrogen and oxygen atoms in total. The predicted molar refractivity (Wildman–Crippen MR) is 96.0 cm³/mol. The van der Waals surface area contributed by atoms with Crippen molar-refractivity contribution in [3.05, 3.63) is 29.8 Å². The van der Waals surface area contributed by atoms with Gasteiger partial charge in [0.05, 0.1) is 6.10 Å². The number of nitrogens with one attached hydrogen (secondary N) is 1. The SMILES string of the molecule is CC1CCN(CC(O)CNC(C)c2ccc(S(C)=O)cc2)CC1. The van der Waals surface area contributed by atoms with Crippen LogP contribution in [0.2, 0.25) is 0 Å². The van der Waals surface area contributed by atoms with Crippen molar-refractivity contribution in [3.8, 4) is 0 Å². The summed E-state index contributed by atoms with van der Waals surface area (Å²) in [5, 5.41) is 13.6. The van der Waals surface area contributed by atoms with Gasteiger partial charge >= 0.3 is 0 Å². The number of aliphatic hydroxyl groups is 1. The van der Waals surface area contributed by atoms with Crippen LogP contribution in [0.5, 0.6) is 0 Å². The summed E-state index contributed by atoms with van der Waals surface area (Å²) in [5.41, 5.74) is 1.15. The molecule has 0 saturated carbocycles. The molecule has 5 heteroatoms. The monoisotopic (exact) mass is 338 g/mol. The first-order chi connectivity index (χ1) is 11.0. The number of nitrogens with zero attached hydrogens (tertiary/aromatic N) is 1. The van der Waals surface area contributed by atoms with Crippen LogP contribution in [-0.2, 0) is 10.8 Å². The molecule has 1 aliphatic rings. The highest BCUT2D eigenvalue weighted by atomic mass is 32.2. The zero-order chi connectivity index (χ0) is 16.8. The average molecular weight is 339 g/mol. The summed E-state index contributed by atoms with van der Waals surface area (Å²) in [6.07, 6.45) is 3.82. The lowest BCUT2D eigenvalue weighted by atomic mass is 9.99. The van der Waals surface area contributed by atoms with Crippen molar-refractivity contribution in [2.75, 3.05) is 32.4 Å². The summed E-state index contributed by atoms with van der Waals surface area (Å²) in [5.74, 6) is 0.821. The van der Waals surface area contributed by atoms with Gasteiger partial charge in [0.25, 0.3) is 0 Å². The molecule has 3 unspecified atom stereocenters. The maximum atomic E-state index is 11.4. The van der Waals surface area contributed by atoms with E-state index in [4.69, 9.17) is 0 Å². The van der Waals surface area contributed by atoms with Gasteiger partial charge in [-0.25, -0.2) is 0 Å². The molecule has 1 heterocycles. The Hall–Kier alpha value is -0.750. The van der Waals surface area contributed by atoms with Gasteiger partial charge in [-0.05, 0) is 56.5 Å². The molecule has 0 aromatic heterocycles. The number of rotatable bonds is 7. The summed E-state index contributed by atoms with van der Waals surface area (Å²) in [6.45, 7) is 7.94. The summed E-state index contributed by atoms with van der Waals surface area (Å²) in [4.78, 5) is 3.21. The quantitative estimate of drug-likeness (QED) is 0.800. The molecule has 3 atom stereocenters. The van der Waals surface area contributed by atoms with Crippen LogP contribution < -0.4 is 5.32 Å². The van der Waals surface area contributed by atoms with Gasteiger partial charge in [0.15, 0.2) is 0 Å². The van der Waals surface area contributed by atoms with E-state index in [1.807, 2.05) is 24.3 Å². The highest BCUT2D eigenvalue weighted by Gasteiger charge is 2.18. The molecule has 1 aromatic carbocycles. The van der Waals surface area contributed by atoms with E-state index in [2.05, 4.69) is 24.1 Å². The fourth-order valence-electron chi connectivity index (χ4n) is 2.99. The fraction of sp³-hybridized carbons (Fsp3) is 0.667. The number of hydrogen-bond acceptors (Lipinski definition) is 4. The van der Waals surface area contributed by atoms with Gasteiger partial charge in [-0.3, -0.25) is 4.21 Å². The molecule has 0 amide bonds. The summed E-state index contributed by atoms with van der Waals surface area (Å²) in [7, 11) is -0.935. The van der Waals surface area contributed by atoms with E-state index in [-0.39, 0.29) is 12.1 Å². The number of β-amino-alcohol motifs (C(OH)–C–C–N with tert-alkyl or cyclic N) is 1. The van der Waals surface area contributed by atoms with Gasteiger partial charge in [-0.15, -0.1) is 0 Å². The molecule has 23 heavy (non-hydrogen) atoms. The molecular formula is C18H30N2O2S. The summed E-state index contributed by atoms with van der Waals surface area (Å²) < 4.78 is 11.4. The third kappa shape index (κ3) is 5.99. The second kappa shape index (κ2) is 8.92. The maximum absolute atomic E-state index is 11.4. The third-order valence-electron chi connectivity index (χ3n) is 4.72. The number of hydrogen-bond donors (Lipinski definition) is 2. The van der Waals surface area contributed by atoms with E-state index in [1.165, 1.54) is 12.8 Å². The summed E-state index contributed by atoms with van der Waals surface area (Å²) >= 11 is 0. The highest BCUT2D eigenvalue weighted by molar-refractivity contribution is 7.84. The number of aliphatic hydroxyl groups excluding tert-OH is 1. The van der Waals surface area contributed by atoms with Crippen molar-refractivity contribution in [2.24, 2.45) is 5.92 Å². The Kier molecular flexibility index (Phi) is 7.21. The zero-order valence-electron chi connectivity index (χ0n) is 14.5. The van der Waals surface area contributed by atoms with Crippen LogP contribution in [0, 0.1) is 5.92 Å². The van der Waals surface area contributed by atoms with Crippen LogP contribution in [0.3, 0.4) is 0 Å². The minimum absolute atomic E-state index is 0.172. The van der Waals surface area contributed by atoms with E-state index in [0.29, 0.717) is 6.54 Å². The molecule has 1 aliphatic heterocycles. The molecule has 1 aromatic rings. The van der Waals surface area contributed by atoms with Crippen molar-refractivity contribution < 1.29 is 9.32 Å². The predicted octanol–water partition coefficient (Wildman–Crippen LogP) is 2.17. The second-order valence-electron chi connectivity index (χ2n) is 6.79. The highest BCUT2D eigenvalue weighted by Crippen LogP contribution is 2.17. The molecule has 2 N–H and O–H groups in total. The Labute approximate surface area is 142 Å². The molecular weight excluding hydrogens is 308 g/mol. The topological polar surface area (TPSA) is 52.6 Å². The fourth-order valence-corrected chi connectivity index (χ4v) is 3.51. The van der Waals surface area contributed by atoms with Crippen LogP contribution >= 0.6 is 0 Å². The van der Waals surface area contributed by atoms with Crippen molar-refractivity contribution >= 4 is 10.8 Å². The first-order valence-corrected chi connectivity index (χ1v) is 10.1. The van der Waals surface area contributed by atoms with E-state index < -0.39 is 10.8 Å². The Bertz CT molecular complexity index is 498. The number of piperidine rings is 1. The average Bonchev–Trinajstić information content (AvgIpc) is 2.55. The molecule has 0 spiro atoms. The van der Waals surface area contributed by atoms with Gasteiger partial charge in [-0.1, -0.05) is 19.1 Å². The number of likely N-dealkylation sites (tertiary alicyclic amines) is 1. The first kappa shape index (κ1) is 18.6. The summed E-state index contributed by atoms with van der Waals surface area (Å²) in [6, 6.07) is 8.01. The smallest absolute Gasteiger partial charge is 0.0791 e. The van der Waals surface area contributed by atoms with Crippen molar-refractivity contribution in [3.63, 3.8) is 0 Å². The van der Waals surface area contributed by atoms with E-state index in [0.717, 1.165) is 36.0 Å². The van der Waals surface area contributed by atoms with E-state index in [9.17, 15) is 9.32 Å². The van der Waals surface area contributed by atoms with Crippen LogP contribution in [0.25, 0.3) is 0 Å². The number of benzene rings is 1. The maximum Gasteiger partial charge on any atom is 0.0791 e. The Morgan fingerprint density at radius 3 is 2.48 bits per heavy atom. The normalized spacial score (nSPS) is 21.0. The van der Waals surface area contributed by atoms with Crippen molar-refractivity contribution in [2.45, 2.75) is 43.7 Å². The van der Waals surface area contributed by atoms with Gasteiger partial charge < -0.3 is 15.3 Å². The molecule has 130 valence electrons. The van der Waals surface area contributed by atoms with Crippen LogP contribution in [0.1, 0.15) is 38.3 Å². The largest absolute Gasteiger partial charge is 0.390 e. The lowest BCUT2D eigenvalue weighted by Gasteiger charge is -2.32. The van der Waals surface area contributed by atoms with E-state index in [1.54, 1.807) is 6.26 Å². The van der Waals surface area contributed by atoms with Gasteiger partial charge in [0.1, 0.15) is 0 Å². The Morgan fingerprint density at radius 1 is 1.30 bits per heavy atom. The molecule has 1 saturated heterocycles. The molecule has 0 bridgehead atoms. The Morgan fingerprint density at radius 2 is 1.91 bits per heavy atom. The third-order valence-corrected chi connectivity index (χ3v) is 5.65. The minimum Gasteiger partial charge on any atom is -0.390 e. The Balaban J connectivity index is 1.74. The van der Waals surface area contributed by atoms with Gasteiger partial charge in [-0.2, -0.15) is 0 Å². The standard InChI is InChI=1S/C18H30N2O2S/c1-14-8-10-20(11-9-14)13-17(21)12-19-15(2)16-4-6-18(7-5-16)23(3)22/h4-7,14-15,17,19,21H,8-13H2,1-3H3. The van der Waals surface area contributed by atoms with Gasteiger partial charge in [0.2, 0.25) is 0 Å². The molecule has 0 radical (unpaired) electrons. The minimum atomic E-state index is -0.935. The van der Waals surface area contributed by atoms with Crippen LogP contribution in [0.4, 0.5) is 0 Å². The zero-order valence-corrected chi connectivity index (χ0v) is 15.3. The lowest BCUT2D eigenvalue weighted by molar-refractivity contribution is 0.0892. The van der Waals surface area contributed by atoms with Gasteiger partial charge in [0, 0.05) is 41.1 Å². The van der Waals surface area contributed by atoms with Crippen molar-refractivity contribution in [1.29, 1.82) is 0 Å². The van der Waals surface area contributed by atoms with Crippen molar-refractivity contribution in [1.82, 2.24) is 10.2 Å². The molecule has 1 fully saturated rings. The molecule has 2 rings (SSSR count). The second-order valence-corrected chi connectivity index (χ2v) is 8.17. The lowest BCUT2D eigenvalue weighted by Crippen LogP contribution is -2.42. The molecule has 0 aliphatic carbocycles. The van der Waals surface area contributed by atoms with Crippen LogP contribution in [-0.4, -0.2) is 52.8 Å². The van der Waals surface area contributed by atoms with Crippen LogP contribution in [0.15, 0.2) is 29.2 Å². The van der Waals surface area contributed by atoms with E-state index >= 15 is 0 Å².